The van der Waals surface area contributed by atoms with Crippen LogP contribution in [-0.4, -0.2) is 33.2 Å². The van der Waals surface area contributed by atoms with Crippen molar-refractivity contribution in [1.82, 2.24) is 19.9 Å². The molecule has 0 amide bonds. The second-order valence-electron chi connectivity index (χ2n) is 6.16. The number of ether oxygens (including phenoxy) is 1. The Labute approximate surface area is 170 Å². The van der Waals surface area contributed by atoms with Gasteiger partial charge in [0, 0.05) is 6.21 Å². The van der Waals surface area contributed by atoms with Crippen molar-refractivity contribution in [1.29, 1.82) is 0 Å². The van der Waals surface area contributed by atoms with E-state index in [1.807, 2.05) is 42.5 Å². The molecule has 2 aromatic heterocycles. The van der Waals surface area contributed by atoms with Crippen molar-refractivity contribution in [2.24, 2.45) is 4.99 Å². The summed E-state index contributed by atoms with van der Waals surface area (Å²) in [6.07, 6.45) is 1.72. The molecule has 0 saturated carbocycles. The van der Waals surface area contributed by atoms with Crippen molar-refractivity contribution in [3.8, 4) is 5.75 Å². The number of nitrogens with one attached hydrogen (secondary N) is 1. The number of rotatable bonds is 6. The molecule has 8 nitrogen and oxygen atoms in total. The fourth-order valence-electron chi connectivity index (χ4n) is 2.76. The summed E-state index contributed by atoms with van der Waals surface area (Å²) < 4.78 is 6.57. The van der Waals surface area contributed by atoms with Crippen LogP contribution >= 0.6 is 11.3 Å². The third kappa shape index (κ3) is 4.14. The first-order valence-electron chi connectivity index (χ1n) is 8.87. The molecule has 0 radical (unpaired) electrons. The Morgan fingerprint density at radius 1 is 1.17 bits per heavy atom. The summed E-state index contributed by atoms with van der Waals surface area (Å²) in [5.74, 6) is 1.37. The van der Waals surface area contributed by atoms with Crippen molar-refractivity contribution < 1.29 is 4.74 Å². The highest BCUT2D eigenvalue weighted by Gasteiger charge is 2.09. The summed E-state index contributed by atoms with van der Waals surface area (Å²) in [5, 5.41) is 10.0. The molecule has 9 heteroatoms. The maximum Gasteiger partial charge on any atom is 0.279 e. The van der Waals surface area contributed by atoms with E-state index in [0.717, 1.165) is 11.3 Å². The quantitative estimate of drug-likeness (QED) is 0.495. The largest absolute Gasteiger partial charge is 0.497 e. The van der Waals surface area contributed by atoms with Gasteiger partial charge in [0.15, 0.2) is 0 Å². The molecule has 4 aromatic rings. The number of hydrogen-bond donors (Lipinski definition) is 1. The third-order valence-electron chi connectivity index (χ3n) is 4.23. The molecule has 0 fully saturated rings. The molecule has 0 aliphatic carbocycles. The maximum absolute atomic E-state index is 12.7. The fraction of sp³-hybridized carbons (Fsp3) is 0.150. The third-order valence-corrected chi connectivity index (χ3v) is 5.06. The fourth-order valence-corrected chi connectivity index (χ4v) is 3.38. The minimum atomic E-state index is -0.143. The average Bonchev–Trinajstić information content (AvgIpc) is 3.20. The molecule has 0 atom stereocenters. The van der Waals surface area contributed by atoms with E-state index in [-0.39, 0.29) is 5.56 Å². The van der Waals surface area contributed by atoms with Crippen LogP contribution in [-0.2, 0) is 6.54 Å². The Morgan fingerprint density at radius 3 is 2.76 bits per heavy atom. The van der Waals surface area contributed by atoms with Crippen molar-refractivity contribution in [3.05, 3.63) is 75.3 Å². The van der Waals surface area contributed by atoms with Crippen LogP contribution in [0.5, 0.6) is 5.75 Å². The predicted octanol–water partition coefficient (Wildman–Crippen LogP) is 3.06. The first-order valence-corrected chi connectivity index (χ1v) is 9.68. The van der Waals surface area contributed by atoms with E-state index in [0.29, 0.717) is 33.4 Å². The minimum Gasteiger partial charge on any atom is -0.497 e. The number of methoxy groups -OCH3 is 1. The van der Waals surface area contributed by atoms with Crippen LogP contribution < -0.4 is 15.7 Å². The van der Waals surface area contributed by atoms with Gasteiger partial charge >= 0.3 is 0 Å². The average molecular weight is 406 g/mol. The lowest BCUT2D eigenvalue weighted by molar-refractivity contribution is 0.415. The lowest BCUT2D eigenvalue weighted by Gasteiger charge is -2.11. The molecule has 0 saturated heterocycles. The molecule has 0 unspecified atom stereocenters. The van der Waals surface area contributed by atoms with Gasteiger partial charge in [0.2, 0.25) is 5.13 Å². The van der Waals surface area contributed by atoms with Gasteiger partial charge in [0.05, 0.1) is 24.6 Å². The van der Waals surface area contributed by atoms with Gasteiger partial charge in [-0.15, -0.1) is 10.2 Å². The highest BCUT2D eigenvalue weighted by atomic mass is 32.1. The zero-order chi connectivity index (χ0) is 20.2. The number of nitrogens with zero attached hydrogens (tertiary/aromatic N) is 5. The number of para-hydroxylation sites is 1. The van der Waals surface area contributed by atoms with Crippen LogP contribution in [0.1, 0.15) is 16.4 Å². The molecule has 2 heterocycles. The molecule has 1 N–H and O–H groups in total. The van der Waals surface area contributed by atoms with Crippen LogP contribution in [0.4, 0.5) is 5.13 Å². The van der Waals surface area contributed by atoms with Crippen molar-refractivity contribution in [2.75, 3.05) is 12.5 Å². The first kappa shape index (κ1) is 18.8. The Kier molecular flexibility index (Phi) is 5.30. The van der Waals surface area contributed by atoms with Crippen molar-refractivity contribution in [3.63, 3.8) is 0 Å². The number of aryl methyl sites for hydroxylation is 1. The summed E-state index contributed by atoms with van der Waals surface area (Å²) in [7, 11) is 1.63. The minimum absolute atomic E-state index is 0.143. The SMILES string of the molecule is COc1ccc(/C=N/c2nnc(CNn3c(C)nc4ccccc4c3=O)s2)cc1. The zero-order valence-electron chi connectivity index (χ0n) is 15.9. The van der Waals surface area contributed by atoms with E-state index < -0.39 is 0 Å². The molecule has 0 spiro atoms. The van der Waals surface area contributed by atoms with Crippen LogP contribution in [0.2, 0.25) is 0 Å². The standard InChI is InChI=1S/C20H18N6O2S/c1-13-23-17-6-4-3-5-16(17)19(27)26(13)22-12-18-24-25-20(29-18)21-11-14-7-9-15(28-2)10-8-14/h3-11,22H,12H2,1-2H3/b21-11+. The van der Waals surface area contributed by atoms with Gasteiger partial charge in [-0.1, -0.05) is 23.5 Å². The van der Waals surface area contributed by atoms with Gasteiger partial charge in [-0.2, -0.15) is 0 Å². The second kappa shape index (κ2) is 8.19. The highest BCUT2D eigenvalue weighted by molar-refractivity contribution is 7.14. The van der Waals surface area contributed by atoms with E-state index in [9.17, 15) is 4.79 Å². The maximum atomic E-state index is 12.7. The Hall–Kier alpha value is -3.59. The molecule has 0 aliphatic rings. The smallest absolute Gasteiger partial charge is 0.279 e. The molecule has 0 aliphatic heterocycles. The second-order valence-corrected chi connectivity index (χ2v) is 7.20. The number of hydrogen-bond acceptors (Lipinski definition) is 8. The normalized spacial score (nSPS) is 11.2. The first-order chi connectivity index (χ1) is 14.1. The van der Waals surface area contributed by atoms with E-state index >= 15 is 0 Å². The van der Waals surface area contributed by atoms with Gasteiger partial charge in [0.25, 0.3) is 5.56 Å². The lowest BCUT2D eigenvalue weighted by Crippen LogP contribution is -2.31. The van der Waals surface area contributed by atoms with Crippen LogP contribution in [0, 0.1) is 6.92 Å². The van der Waals surface area contributed by atoms with Gasteiger partial charge in [-0.05, 0) is 48.9 Å². The number of fused-ring (bicyclic) bond motifs is 1. The molecule has 146 valence electrons. The van der Waals surface area contributed by atoms with Crippen molar-refractivity contribution >= 4 is 33.6 Å². The van der Waals surface area contributed by atoms with Crippen LogP contribution in [0.15, 0.2) is 58.3 Å². The van der Waals surface area contributed by atoms with Gasteiger partial charge < -0.3 is 10.2 Å². The summed E-state index contributed by atoms with van der Waals surface area (Å²) in [6, 6.07) is 14.8. The predicted molar refractivity (Wildman–Crippen MR) is 114 cm³/mol. The number of aromatic nitrogens is 4. The Morgan fingerprint density at radius 2 is 1.97 bits per heavy atom. The summed E-state index contributed by atoms with van der Waals surface area (Å²) in [5.41, 5.74) is 4.55. The summed E-state index contributed by atoms with van der Waals surface area (Å²) >= 11 is 1.35. The number of benzene rings is 2. The van der Waals surface area contributed by atoms with E-state index in [1.165, 1.54) is 16.0 Å². The summed E-state index contributed by atoms with van der Waals surface area (Å²) in [6.45, 7) is 2.13. The van der Waals surface area contributed by atoms with Gasteiger partial charge in [0.1, 0.15) is 16.6 Å². The zero-order valence-corrected chi connectivity index (χ0v) is 16.7. The Balaban J connectivity index is 1.46. The van der Waals surface area contributed by atoms with Gasteiger partial charge in [-0.25, -0.2) is 14.7 Å². The molecular formula is C20H18N6O2S. The molecule has 4 rings (SSSR count). The highest BCUT2D eigenvalue weighted by Crippen LogP contribution is 2.19. The lowest BCUT2D eigenvalue weighted by atomic mass is 10.2. The van der Waals surface area contributed by atoms with Crippen LogP contribution in [0.3, 0.4) is 0 Å². The van der Waals surface area contributed by atoms with Crippen LogP contribution in [0.25, 0.3) is 10.9 Å². The molecule has 0 bridgehead atoms. The molecular weight excluding hydrogens is 388 g/mol. The molecule has 2 aromatic carbocycles. The molecule has 29 heavy (non-hydrogen) atoms. The van der Waals surface area contributed by atoms with E-state index in [4.69, 9.17) is 4.74 Å². The topological polar surface area (TPSA) is 94.3 Å². The Bertz CT molecular complexity index is 1230. The number of aliphatic imine (C=N–C) groups is 1. The van der Waals surface area contributed by atoms with E-state index in [1.54, 1.807) is 26.3 Å². The monoisotopic (exact) mass is 406 g/mol. The van der Waals surface area contributed by atoms with Crippen molar-refractivity contribution in [2.45, 2.75) is 13.5 Å². The van der Waals surface area contributed by atoms with Gasteiger partial charge in [-0.3, -0.25) is 4.79 Å². The summed E-state index contributed by atoms with van der Waals surface area (Å²) in [4.78, 5) is 21.5. The van der Waals surface area contributed by atoms with E-state index in [2.05, 4.69) is 25.6 Å².